The van der Waals surface area contributed by atoms with Gasteiger partial charge in [-0.15, -0.1) is 11.8 Å². The van der Waals surface area contributed by atoms with Crippen LogP contribution in [-0.2, 0) is 6.54 Å². The molecular formula is C14H17FN2OS. The van der Waals surface area contributed by atoms with E-state index in [0.717, 1.165) is 23.4 Å². The largest absolute Gasteiger partial charge is 0.387 e. The highest BCUT2D eigenvalue weighted by atomic mass is 32.2. The SMILES string of the molecule is CCCn1cc(C(O)CSc2cccc(F)c2)cn1. The van der Waals surface area contributed by atoms with Gasteiger partial charge in [0.15, 0.2) is 0 Å². The van der Waals surface area contributed by atoms with Gasteiger partial charge < -0.3 is 5.11 Å². The molecule has 102 valence electrons. The van der Waals surface area contributed by atoms with Gasteiger partial charge in [0, 0.05) is 29.0 Å². The molecule has 0 bridgehead atoms. The van der Waals surface area contributed by atoms with Gasteiger partial charge in [0.05, 0.1) is 12.3 Å². The summed E-state index contributed by atoms with van der Waals surface area (Å²) < 4.78 is 14.8. The van der Waals surface area contributed by atoms with Crippen LogP contribution in [0.1, 0.15) is 25.0 Å². The first-order valence-corrected chi connectivity index (χ1v) is 7.26. The van der Waals surface area contributed by atoms with Crippen LogP contribution in [0.2, 0.25) is 0 Å². The molecule has 0 spiro atoms. The van der Waals surface area contributed by atoms with Gasteiger partial charge in [-0.05, 0) is 24.6 Å². The van der Waals surface area contributed by atoms with Crippen LogP contribution in [0.4, 0.5) is 4.39 Å². The zero-order valence-corrected chi connectivity index (χ0v) is 11.6. The maximum absolute atomic E-state index is 13.0. The van der Waals surface area contributed by atoms with E-state index >= 15 is 0 Å². The van der Waals surface area contributed by atoms with Crippen molar-refractivity contribution in [2.45, 2.75) is 30.9 Å². The molecule has 1 atom stereocenters. The second-order valence-corrected chi connectivity index (χ2v) is 5.41. The van der Waals surface area contributed by atoms with Crippen molar-refractivity contribution in [3.8, 4) is 0 Å². The first-order valence-electron chi connectivity index (χ1n) is 6.28. The molecule has 1 aromatic heterocycles. The molecule has 1 N–H and O–H groups in total. The molecule has 0 aliphatic rings. The van der Waals surface area contributed by atoms with Crippen molar-refractivity contribution in [2.75, 3.05) is 5.75 Å². The van der Waals surface area contributed by atoms with Crippen molar-refractivity contribution in [1.29, 1.82) is 0 Å². The average molecular weight is 280 g/mol. The Labute approximate surface area is 116 Å². The Hall–Kier alpha value is -1.33. The highest BCUT2D eigenvalue weighted by molar-refractivity contribution is 7.99. The first kappa shape index (κ1) is 14.1. The van der Waals surface area contributed by atoms with E-state index in [1.54, 1.807) is 12.3 Å². The van der Waals surface area contributed by atoms with Gasteiger partial charge in [-0.1, -0.05) is 13.0 Å². The van der Waals surface area contributed by atoms with Crippen molar-refractivity contribution in [2.24, 2.45) is 0 Å². The lowest BCUT2D eigenvalue weighted by molar-refractivity contribution is 0.204. The number of hydrogen-bond donors (Lipinski definition) is 1. The zero-order chi connectivity index (χ0) is 13.7. The van der Waals surface area contributed by atoms with E-state index in [0.29, 0.717) is 5.75 Å². The Bertz CT molecular complexity index is 530. The summed E-state index contributed by atoms with van der Waals surface area (Å²) in [7, 11) is 0. The third-order valence-corrected chi connectivity index (χ3v) is 3.76. The van der Waals surface area contributed by atoms with E-state index in [4.69, 9.17) is 0 Å². The fourth-order valence-electron chi connectivity index (χ4n) is 1.73. The molecule has 0 fully saturated rings. The van der Waals surface area contributed by atoms with E-state index in [1.807, 2.05) is 16.9 Å². The lowest BCUT2D eigenvalue weighted by Gasteiger charge is -2.08. The molecule has 0 aliphatic heterocycles. The fourth-order valence-corrected chi connectivity index (χ4v) is 2.64. The number of benzene rings is 1. The van der Waals surface area contributed by atoms with Crippen molar-refractivity contribution < 1.29 is 9.50 Å². The number of thioether (sulfide) groups is 1. The normalized spacial score (nSPS) is 12.6. The number of aromatic nitrogens is 2. The van der Waals surface area contributed by atoms with Gasteiger partial charge in [0.2, 0.25) is 0 Å². The number of aliphatic hydroxyl groups is 1. The standard InChI is InChI=1S/C14H17FN2OS/c1-2-6-17-9-11(8-16-17)14(18)10-19-13-5-3-4-12(15)7-13/h3-5,7-9,14,18H,2,6,10H2,1H3. The summed E-state index contributed by atoms with van der Waals surface area (Å²) in [5.74, 6) is 0.233. The van der Waals surface area contributed by atoms with Crippen LogP contribution in [0.3, 0.4) is 0 Å². The molecule has 0 saturated carbocycles. The smallest absolute Gasteiger partial charge is 0.124 e. The molecule has 0 aliphatic carbocycles. The molecule has 5 heteroatoms. The molecule has 1 heterocycles. The van der Waals surface area contributed by atoms with Crippen LogP contribution in [0, 0.1) is 5.82 Å². The topological polar surface area (TPSA) is 38.0 Å². The number of aryl methyl sites for hydroxylation is 1. The molecule has 0 saturated heterocycles. The number of hydrogen-bond acceptors (Lipinski definition) is 3. The monoisotopic (exact) mass is 280 g/mol. The summed E-state index contributed by atoms with van der Waals surface area (Å²) in [5, 5.41) is 14.2. The van der Waals surface area contributed by atoms with Crippen molar-refractivity contribution >= 4 is 11.8 Å². The molecule has 1 aromatic carbocycles. The molecule has 0 amide bonds. The predicted molar refractivity (Wildman–Crippen MR) is 74.6 cm³/mol. The minimum Gasteiger partial charge on any atom is -0.387 e. The van der Waals surface area contributed by atoms with E-state index in [-0.39, 0.29) is 5.82 Å². The summed E-state index contributed by atoms with van der Waals surface area (Å²) in [6.07, 6.45) is 3.97. The van der Waals surface area contributed by atoms with Crippen molar-refractivity contribution in [1.82, 2.24) is 9.78 Å². The van der Waals surface area contributed by atoms with Crippen molar-refractivity contribution in [3.63, 3.8) is 0 Å². The van der Waals surface area contributed by atoms with E-state index in [2.05, 4.69) is 12.0 Å². The third-order valence-electron chi connectivity index (χ3n) is 2.69. The summed E-state index contributed by atoms with van der Waals surface area (Å²) in [4.78, 5) is 0.819. The lowest BCUT2D eigenvalue weighted by atomic mass is 10.2. The molecule has 2 rings (SSSR count). The van der Waals surface area contributed by atoms with Gasteiger partial charge in [-0.25, -0.2) is 4.39 Å². The zero-order valence-electron chi connectivity index (χ0n) is 10.8. The van der Waals surface area contributed by atoms with Gasteiger partial charge in [0.1, 0.15) is 5.82 Å². The van der Waals surface area contributed by atoms with Gasteiger partial charge >= 0.3 is 0 Å². The second-order valence-electron chi connectivity index (χ2n) is 4.32. The van der Waals surface area contributed by atoms with Crippen LogP contribution < -0.4 is 0 Å². The number of aliphatic hydroxyl groups excluding tert-OH is 1. The quantitative estimate of drug-likeness (QED) is 0.825. The molecule has 0 radical (unpaired) electrons. The summed E-state index contributed by atoms with van der Waals surface area (Å²) in [6, 6.07) is 6.39. The Morgan fingerprint density at radius 2 is 2.32 bits per heavy atom. The highest BCUT2D eigenvalue weighted by Crippen LogP contribution is 2.24. The molecular weight excluding hydrogens is 263 g/mol. The molecule has 3 nitrogen and oxygen atoms in total. The Morgan fingerprint density at radius 3 is 3.05 bits per heavy atom. The summed E-state index contributed by atoms with van der Waals surface area (Å²) >= 11 is 1.43. The third kappa shape index (κ3) is 4.08. The van der Waals surface area contributed by atoms with E-state index < -0.39 is 6.10 Å². The van der Waals surface area contributed by atoms with Gasteiger partial charge in [-0.2, -0.15) is 5.10 Å². The molecule has 2 aromatic rings. The molecule has 19 heavy (non-hydrogen) atoms. The first-order chi connectivity index (χ1) is 9.19. The number of rotatable bonds is 6. The fraction of sp³-hybridized carbons (Fsp3) is 0.357. The Kier molecular flexibility index (Phi) is 4.99. The van der Waals surface area contributed by atoms with Crippen LogP contribution in [0.15, 0.2) is 41.6 Å². The highest BCUT2D eigenvalue weighted by Gasteiger charge is 2.10. The van der Waals surface area contributed by atoms with Crippen LogP contribution in [-0.4, -0.2) is 20.6 Å². The van der Waals surface area contributed by atoms with Crippen molar-refractivity contribution in [3.05, 3.63) is 48.0 Å². The number of halogens is 1. The van der Waals surface area contributed by atoms with Crippen LogP contribution in [0.25, 0.3) is 0 Å². The Balaban J connectivity index is 1.91. The van der Waals surface area contributed by atoms with E-state index in [9.17, 15) is 9.50 Å². The summed E-state index contributed by atoms with van der Waals surface area (Å²) in [6.45, 7) is 2.93. The molecule has 1 unspecified atom stereocenters. The summed E-state index contributed by atoms with van der Waals surface area (Å²) in [5.41, 5.74) is 0.803. The maximum Gasteiger partial charge on any atom is 0.124 e. The Morgan fingerprint density at radius 1 is 1.47 bits per heavy atom. The predicted octanol–water partition coefficient (Wildman–Crippen LogP) is 3.26. The minimum atomic E-state index is -0.584. The maximum atomic E-state index is 13.0. The van der Waals surface area contributed by atoms with E-state index in [1.165, 1.54) is 23.9 Å². The second kappa shape index (κ2) is 6.73. The van der Waals surface area contributed by atoms with Gasteiger partial charge in [-0.3, -0.25) is 4.68 Å². The average Bonchev–Trinajstić information content (AvgIpc) is 2.85. The number of nitrogens with zero attached hydrogens (tertiary/aromatic N) is 2. The van der Waals surface area contributed by atoms with Crippen LogP contribution in [0.5, 0.6) is 0 Å². The van der Waals surface area contributed by atoms with Crippen LogP contribution >= 0.6 is 11.8 Å². The van der Waals surface area contributed by atoms with Gasteiger partial charge in [0.25, 0.3) is 0 Å². The lowest BCUT2D eigenvalue weighted by Crippen LogP contribution is -2.00. The minimum absolute atomic E-state index is 0.254.